The molecule has 1 aliphatic rings. The zero-order valence-electron chi connectivity index (χ0n) is 15.5. The number of hydrogen-bond acceptors (Lipinski definition) is 6. The third-order valence-electron chi connectivity index (χ3n) is 4.33. The van der Waals surface area contributed by atoms with Crippen molar-refractivity contribution in [2.24, 2.45) is 0 Å². The average Bonchev–Trinajstić information content (AvgIpc) is 2.62. The number of nitrogens with zero attached hydrogens (tertiary/aromatic N) is 4. The Kier molecular flexibility index (Phi) is 5.55. The van der Waals surface area contributed by atoms with E-state index in [-0.39, 0.29) is 12.0 Å². The fourth-order valence-corrected chi connectivity index (χ4v) is 2.78. The summed E-state index contributed by atoms with van der Waals surface area (Å²) in [7, 11) is 1.82. The van der Waals surface area contributed by atoms with Crippen molar-refractivity contribution in [2.75, 3.05) is 43.4 Å². The second kappa shape index (κ2) is 8.03. The lowest BCUT2D eigenvalue weighted by Crippen LogP contribution is -2.48. The molecule has 1 aliphatic heterocycles. The molecule has 3 rings (SSSR count). The highest BCUT2D eigenvalue weighted by Gasteiger charge is 2.22. The zero-order chi connectivity index (χ0) is 18.5. The molecule has 0 radical (unpaired) electrons. The number of carbonyl (C=O) groups excluding carboxylic acids is 1. The number of hydrogen-bond donors (Lipinski definition) is 1. The van der Waals surface area contributed by atoms with Crippen LogP contribution in [0.2, 0.25) is 0 Å². The molecule has 1 N–H and O–H groups in total. The van der Waals surface area contributed by atoms with E-state index in [0.29, 0.717) is 19.6 Å². The number of aryl methyl sites for hydroxylation is 1. The second-order valence-electron chi connectivity index (χ2n) is 6.62. The third kappa shape index (κ3) is 4.62. The number of piperazine rings is 1. The van der Waals surface area contributed by atoms with E-state index in [1.807, 2.05) is 56.1 Å². The van der Waals surface area contributed by atoms with Crippen LogP contribution >= 0.6 is 0 Å². The molecule has 2 aromatic rings. The minimum atomic E-state index is -0.0135. The number of ether oxygens (including phenoxy) is 1. The lowest BCUT2D eigenvalue weighted by Gasteiger charge is -2.32. The zero-order valence-corrected chi connectivity index (χ0v) is 15.5. The van der Waals surface area contributed by atoms with E-state index in [1.54, 1.807) is 4.90 Å². The summed E-state index contributed by atoms with van der Waals surface area (Å²) < 4.78 is 5.92. The predicted molar refractivity (Wildman–Crippen MR) is 102 cm³/mol. The van der Waals surface area contributed by atoms with Crippen molar-refractivity contribution in [1.82, 2.24) is 14.9 Å². The first kappa shape index (κ1) is 18.0. The summed E-state index contributed by atoms with van der Waals surface area (Å²) in [5, 5.41) is 3.28. The molecule has 138 valence electrons. The number of aromatic nitrogens is 2. The Hall–Kier alpha value is -2.83. The first-order chi connectivity index (χ1) is 12.5. The van der Waals surface area contributed by atoms with E-state index < -0.39 is 0 Å². The molecule has 7 nitrogen and oxygen atoms in total. The van der Waals surface area contributed by atoms with Crippen LogP contribution in [0, 0.1) is 6.92 Å². The summed E-state index contributed by atoms with van der Waals surface area (Å²) in [6, 6.07) is 9.87. The fourth-order valence-electron chi connectivity index (χ4n) is 2.78. The van der Waals surface area contributed by atoms with Gasteiger partial charge in [0.2, 0.25) is 5.91 Å². The predicted octanol–water partition coefficient (Wildman–Crippen LogP) is 1.94. The third-order valence-corrected chi connectivity index (χ3v) is 4.33. The van der Waals surface area contributed by atoms with Crippen molar-refractivity contribution in [3.8, 4) is 5.75 Å². The molecule has 0 saturated carbocycles. The molecule has 2 heterocycles. The van der Waals surface area contributed by atoms with Crippen LogP contribution in [-0.4, -0.2) is 60.1 Å². The van der Waals surface area contributed by atoms with Crippen molar-refractivity contribution >= 4 is 17.5 Å². The van der Waals surface area contributed by atoms with Crippen LogP contribution in [0.25, 0.3) is 0 Å². The molecule has 1 fully saturated rings. The van der Waals surface area contributed by atoms with E-state index >= 15 is 0 Å². The summed E-state index contributed by atoms with van der Waals surface area (Å²) in [4.78, 5) is 24.2. The van der Waals surface area contributed by atoms with Crippen molar-refractivity contribution < 1.29 is 9.53 Å². The molecule has 1 aromatic carbocycles. The van der Waals surface area contributed by atoms with Gasteiger partial charge in [0.1, 0.15) is 29.8 Å². The van der Waals surface area contributed by atoms with Gasteiger partial charge in [-0.2, -0.15) is 0 Å². The van der Waals surface area contributed by atoms with Gasteiger partial charge >= 0.3 is 0 Å². The lowest BCUT2D eigenvalue weighted by atomic mass is 10.2. The molecule has 0 aliphatic carbocycles. The second-order valence-corrected chi connectivity index (χ2v) is 6.62. The van der Waals surface area contributed by atoms with E-state index in [1.165, 1.54) is 11.9 Å². The molecular weight excluding hydrogens is 330 g/mol. The maximum atomic E-state index is 11.9. The highest BCUT2D eigenvalue weighted by atomic mass is 16.5. The number of rotatable bonds is 6. The quantitative estimate of drug-likeness (QED) is 0.854. The van der Waals surface area contributed by atoms with E-state index in [4.69, 9.17) is 4.74 Å². The Balaban J connectivity index is 1.56. The van der Waals surface area contributed by atoms with Gasteiger partial charge in [-0.1, -0.05) is 12.1 Å². The Morgan fingerprint density at radius 2 is 2.12 bits per heavy atom. The molecule has 1 atom stereocenters. The van der Waals surface area contributed by atoms with Gasteiger partial charge in [0.25, 0.3) is 0 Å². The van der Waals surface area contributed by atoms with Crippen molar-refractivity contribution in [2.45, 2.75) is 20.0 Å². The monoisotopic (exact) mass is 355 g/mol. The molecule has 0 bridgehead atoms. The summed E-state index contributed by atoms with van der Waals surface area (Å²) in [6.07, 6.45) is 1.51. The number of benzene rings is 1. The summed E-state index contributed by atoms with van der Waals surface area (Å²) in [6.45, 7) is 6.49. The number of likely N-dealkylation sites (N-methyl/N-ethyl adjacent to an activating group) is 1. The Morgan fingerprint density at radius 3 is 2.88 bits per heavy atom. The van der Waals surface area contributed by atoms with Gasteiger partial charge in [0.15, 0.2) is 0 Å². The van der Waals surface area contributed by atoms with Crippen LogP contribution in [0.1, 0.15) is 12.5 Å². The summed E-state index contributed by atoms with van der Waals surface area (Å²) in [5.41, 5.74) is 1.17. The van der Waals surface area contributed by atoms with Crippen LogP contribution in [0.3, 0.4) is 0 Å². The molecule has 26 heavy (non-hydrogen) atoms. The Labute approximate surface area is 154 Å². The Morgan fingerprint density at radius 1 is 1.27 bits per heavy atom. The highest BCUT2D eigenvalue weighted by Crippen LogP contribution is 2.17. The van der Waals surface area contributed by atoms with Crippen molar-refractivity contribution in [1.29, 1.82) is 0 Å². The maximum Gasteiger partial charge on any atom is 0.241 e. The minimum absolute atomic E-state index is 0.0135. The van der Waals surface area contributed by atoms with Crippen molar-refractivity contribution in [3.63, 3.8) is 0 Å². The van der Waals surface area contributed by atoms with Gasteiger partial charge in [-0.15, -0.1) is 0 Å². The summed E-state index contributed by atoms with van der Waals surface area (Å²) in [5.74, 6) is 2.44. The summed E-state index contributed by atoms with van der Waals surface area (Å²) >= 11 is 0. The lowest BCUT2D eigenvalue weighted by molar-refractivity contribution is -0.129. The molecule has 0 spiro atoms. The number of carbonyl (C=O) groups is 1. The van der Waals surface area contributed by atoms with Crippen LogP contribution in [-0.2, 0) is 4.79 Å². The maximum absolute atomic E-state index is 11.9. The van der Waals surface area contributed by atoms with E-state index in [0.717, 1.165) is 23.9 Å². The molecule has 1 saturated heterocycles. The SMILES string of the molecule is Cc1cccc(OC(C)CNc2cc(N3CCN(C)C(=O)C3)ncn2)c1. The van der Waals surface area contributed by atoms with Gasteiger partial charge in [-0.25, -0.2) is 9.97 Å². The molecule has 1 unspecified atom stereocenters. The number of amides is 1. The fraction of sp³-hybridized carbons (Fsp3) is 0.421. The van der Waals surface area contributed by atoms with Crippen LogP contribution in [0.15, 0.2) is 36.7 Å². The first-order valence-corrected chi connectivity index (χ1v) is 8.79. The molecule has 7 heteroatoms. The molecule has 1 amide bonds. The normalized spacial score (nSPS) is 15.7. The Bertz CT molecular complexity index is 767. The number of nitrogens with one attached hydrogen (secondary N) is 1. The minimum Gasteiger partial charge on any atom is -0.489 e. The van der Waals surface area contributed by atoms with Gasteiger partial charge in [0, 0.05) is 26.2 Å². The highest BCUT2D eigenvalue weighted by molar-refractivity contribution is 5.82. The standard InChI is InChI=1S/C19H25N5O2/c1-14-5-4-6-16(9-14)26-15(2)11-20-17-10-18(22-13-21-17)24-8-7-23(3)19(25)12-24/h4-6,9-10,13,15H,7-8,11-12H2,1-3H3,(H,20,21,22). The number of anilines is 2. The van der Waals surface area contributed by atoms with Crippen LogP contribution in [0.4, 0.5) is 11.6 Å². The largest absolute Gasteiger partial charge is 0.489 e. The smallest absolute Gasteiger partial charge is 0.241 e. The van der Waals surface area contributed by atoms with Gasteiger partial charge in [-0.05, 0) is 31.5 Å². The topological polar surface area (TPSA) is 70.6 Å². The van der Waals surface area contributed by atoms with E-state index in [9.17, 15) is 4.79 Å². The molecule has 1 aromatic heterocycles. The van der Waals surface area contributed by atoms with Gasteiger partial charge in [0.05, 0.1) is 13.1 Å². The first-order valence-electron chi connectivity index (χ1n) is 8.79. The average molecular weight is 355 g/mol. The van der Waals surface area contributed by atoms with Gasteiger partial charge in [-0.3, -0.25) is 4.79 Å². The van der Waals surface area contributed by atoms with Crippen molar-refractivity contribution in [3.05, 3.63) is 42.2 Å². The van der Waals surface area contributed by atoms with E-state index in [2.05, 4.69) is 15.3 Å². The van der Waals surface area contributed by atoms with Crippen LogP contribution in [0.5, 0.6) is 5.75 Å². The molecular formula is C19H25N5O2. The van der Waals surface area contributed by atoms with Crippen LogP contribution < -0.4 is 15.0 Å². The van der Waals surface area contributed by atoms with Gasteiger partial charge < -0.3 is 19.9 Å².